The quantitative estimate of drug-likeness (QED) is 0.603. The maximum absolute atomic E-state index is 13.0. The summed E-state index contributed by atoms with van der Waals surface area (Å²) in [5.41, 5.74) is 0.210. The molecule has 0 unspecified atom stereocenters. The number of benzene rings is 1. The van der Waals surface area contributed by atoms with Crippen molar-refractivity contribution in [3.63, 3.8) is 0 Å². The number of ether oxygens (including phenoxy) is 1. The zero-order valence-corrected chi connectivity index (χ0v) is 17.7. The van der Waals surface area contributed by atoms with Gasteiger partial charge in [0, 0.05) is 25.2 Å². The fourth-order valence-corrected chi connectivity index (χ4v) is 4.11. The summed E-state index contributed by atoms with van der Waals surface area (Å²) in [5.74, 6) is -2.06. The van der Waals surface area contributed by atoms with Gasteiger partial charge in [0.15, 0.2) is 0 Å². The molecule has 32 heavy (non-hydrogen) atoms. The second-order valence-corrected chi connectivity index (χ2v) is 7.85. The van der Waals surface area contributed by atoms with Crippen LogP contribution in [0.4, 0.5) is 17.5 Å². The lowest BCUT2D eigenvalue weighted by atomic mass is 9.92. The van der Waals surface area contributed by atoms with Crippen LogP contribution < -0.4 is 21.1 Å². The number of carbonyl (C=O) groups excluding carboxylic acids is 3. The van der Waals surface area contributed by atoms with Crippen LogP contribution in [-0.2, 0) is 19.1 Å². The van der Waals surface area contributed by atoms with E-state index in [1.165, 1.54) is 0 Å². The van der Waals surface area contributed by atoms with E-state index in [1.54, 1.807) is 36.1 Å². The summed E-state index contributed by atoms with van der Waals surface area (Å²) in [7, 11) is 0. The van der Waals surface area contributed by atoms with Crippen LogP contribution in [-0.4, -0.2) is 47.4 Å². The third-order valence-corrected chi connectivity index (χ3v) is 5.64. The summed E-state index contributed by atoms with van der Waals surface area (Å²) in [5, 5.41) is 5.36. The molecule has 0 radical (unpaired) electrons. The fraction of sp³-hybridized carbons (Fsp3) is 0.409. The zero-order chi connectivity index (χ0) is 22.7. The molecule has 1 fully saturated rings. The fourth-order valence-electron chi connectivity index (χ4n) is 4.11. The number of fused-ring (bicyclic) bond motifs is 1. The summed E-state index contributed by atoms with van der Waals surface area (Å²) in [6, 6.07) is 8.83. The van der Waals surface area contributed by atoms with Crippen molar-refractivity contribution < 1.29 is 19.1 Å². The third kappa shape index (κ3) is 4.48. The van der Waals surface area contributed by atoms with Crippen molar-refractivity contribution in [1.82, 2.24) is 9.97 Å². The highest BCUT2D eigenvalue weighted by Crippen LogP contribution is 2.31. The summed E-state index contributed by atoms with van der Waals surface area (Å²) >= 11 is 0. The number of hydrogen-bond donors (Lipinski definition) is 3. The first-order valence-electron chi connectivity index (χ1n) is 10.7. The van der Waals surface area contributed by atoms with Crippen molar-refractivity contribution >= 4 is 35.2 Å². The summed E-state index contributed by atoms with van der Waals surface area (Å²) in [6.07, 6.45) is 1.28. The summed E-state index contributed by atoms with van der Waals surface area (Å²) in [6.45, 7) is 3.02. The first kappa shape index (κ1) is 21.5. The van der Waals surface area contributed by atoms with Gasteiger partial charge in [0.25, 0.3) is 5.56 Å². The van der Waals surface area contributed by atoms with E-state index in [2.05, 4.69) is 20.6 Å². The Morgan fingerprint density at radius 2 is 2.03 bits per heavy atom. The molecule has 2 aromatic rings. The Bertz CT molecular complexity index is 1080. The van der Waals surface area contributed by atoms with Gasteiger partial charge in [-0.3, -0.25) is 24.2 Å². The molecule has 2 amide bonds. The Kier molecular flexibility index (Phi) is 6.20. The predicted molar refractivity (Wildman–Crippen MR) is 117 cm³/mol. The largest absolute Gasteiger partial charge is 0.466 e. The number of piperidine rings is 1. The highest BCUT2D eigenvalue weighted by molar-refractivity contribution is 6.04. The van der Waals surface area contributed by atoms with Crippen LogP contribution >= 0.6 is 0 Å². The van der Waals surface area contributed by atoms with Gasteiger partial charge < -0.3 is 20.3 Å². The number of aromatic amines is 1. The molecular weight excluding hydrogens is 414 g/mol. The third-order valence-electron chi connectivity index (χ3n) is 5.64. The number of carbonyl (C=O) groups is 3. The van der Waals surface area contributed by atoms with Crippen LogP contribution in [0.1, 0.15) is 37.7 Å². The number of para-hydroxylation sites is 1. The molecule has 3 N–H and O–H groups in total. The molecular formula is C22H25N5O5. The minimum atomic E-state index is -0.960. The lowest BCUT2D eigenvalue weighted by molar-refractivity contribution is -0.148. The Labute approximate surface area is 184 Å². The van der Waals surface area contributed by atoms with Gasteiger partial charge in [-0.05, 0) is 31.9 Å². The van der Waals surface area contributed by atoms with E-state index >= 15 is 0 Å². The van der Waals surface area contributed by atoms with Gasteiger partial charge in [-0.15, -0.1) is 0 Å². The zero-order valence-electron chi connectivity index (χ0n) is 17.7. The number of H-pyrrole nitrogens is 1. The lowest BCUT2D eigenvalue weighted by Crippen LogP contribution is -2.42. The summed E-state index contributed by atoms with van der Waals surface area (Å²) in [4.78, 5) is 59.2. The average Bonchev–Trinajstić information content (AvgIpc) is 2.79. The maximum atomic E-state index is 13.0. The van der Waals surface area contributed by atoms with Gasteiger partial charge in [0.05, 0.1) is 24.0 Å². The SMILES string of the molecule is CCOC(=O)[C@H]1CCCN(c2nc3c(c(=O)[nH]2)[C@@H](C(=O)Nc2ccccc2)CC(=O)N3)C1. The number of rotatable bonds is 5. The minimum absolute atomic E-state index is 0.0754. The molecule has 0 saturated carbocycles. The van der Waals surface area contributed by atoms with Gasteiger partial charge in [-0.25, -0.2) is 0 Å². The van der Waals surface area contributed by atoms with Crippen molar-refractivity contribution in [1.29, 1.82) is 0 Å². The molecule has 10 heteroatoms. The van der Waals surface area contributed by atoms with E-state index in [-0.39, 0.29) is 35.6 Å². The molecule has 2 atom stereocenters. The molecule has 168 valence electrons. The van der Waals surface area contributed by atoms with Crippen molar-refractivity contribution in [3.05, 3.63) is 46.2 Å². The van der Waals surface area contributed by atoms with Crippen LogP contribution in [0, 0.1) is 5.92 Å². The van der Waals surface area contributed by atoms with E-state index in [1.807, 2.05) is 6.07 Å². The molecule has 10 nitrogen and oxygen atoms in total. The predicted octanol–water partition coefficient (Wildman–Crippen LogP) is 1.61. The summed E-state index contributed by atoms with van der Waals surface area (Å²) < 4.78 is 5.12. The van der Waals surface area contributed by atoms with Gasteiger partial charge in [0.2, 0.25) is 17.8 Å². The molecule has 1 saturated heterocycles. The second-order valence-electron chi connectivity index (χ2n) is 7.85. The average molecular weight is 439 g/mol. The normalized spacial score (nSPS) is 20.2. The molecule has 3 heterocycles. The molecule has 0 bridgehead atoms. The smallest absolute Gasteiger partial charge is 0.310 e. The molecule has 0 spiro atoms. The van der Waals surface area contributed by atoms with Crippen LogP contribution in [0.2, 0.25) is 0 Å². The van der Waals surface area contributed by atoms with Crippen molar-refractivity contribution in [3.8, 4) is 0 Å². The van der Waals surface area contributed by atoms with Crippen LogP contribution in [0.3, 0.4) is 0 Å². The molecule has 2 aliphatic rings. The number of esters is 1. The van der Waals surface area contributed by atoms with Gasteiger partial charge in [0.1, 0.15) is 5.82 Å². The van der Waals surface area contributed by atoms with Crippen molar-refractivity contribution in [2.24, 2.45) is 5.92 Å². The van der Waals surface area contributed by atoms with Gasteiger partial charge in [-0.2, -0.15) is 4.98 Å². The first-order valence-corrected chi connectivity index (χ1v) is 10.7. The molecule has 1 aromatic heterocycles. The van der Waals surface area contributed by atoms with E-state index in [4.69, 9.17) is 4.74 Å². The number of nitrogens with one attached hydrogen (secondary N) is 3. The minimum Gasteiger partial charge on any atom is -0.466 e. The van der Waals surface area contributed by atoms with Crippen molar-refractivity contribution in [2.45, 2.75) is 32.1 Å². The Hall–Kier alpha value is -3.69. The van der Waals surface area contributed by atoms with Gasteiger partial charge in [-0.1, -0.05) is 18.2 Å². The standard InChI is InChI=1S/C22H25N5O5/c1-2-32-21(31)13-7-6-10-27(12-13)22-25-18-17(20(30)26-22)15(11-16(28)24-18)19(29)23-14-8-4-3-5-9-14/h3-5,8-9,13,15H,2,6-7,10-12H2,1H3,(H,23,29)(H2,24,25,26,28,30)/t13-,15-/m0/s1. The Balaban J connectivity index is 1.60. The number of aromatic nitrogens is 2. The van der Waals surface area contributed by atoms with E-state index < -0.39 is 23.3 Å². The van der Waals surface area contributed by atoms with E-state index in [0.717, 1.165) is 6.42 Å². The molecule has 2 aliphatic heterocycles. The van der Waals surface area contributed by atoms with Crippen LogP contribution in [0.5, 0.6) is 0 Å². The molecule has 0 aliphatic carbocycles. The van der Waals surface area contributed by atoms with E-state index in [0.29, 0.717) is 31.8 Å². The topological polar surface area (TPSA) is 133 Å². The number of hydrogen-bond acceptors (Lipinski definition) is 7. The molecule has 1 aromatic carbocycles. The Morgan fingerprint density at radius 3 is 2.78 bits per heavy atom. The Morgan fingerprint density at radius 1 is 1.25 bits per heavy atom. The first-order chi connectivity index (χ1) is 15.5. The van der Waals surface area contributed by atoms with Gasteiger partial charge >= 0.3 is 5.97 Å². The monoisotopic (exact) mass is 439 g/mol. The number of nitrogens with zero attached hydrogens (tertiary/aromatic N) is 2. The maximum Gasteiger partial charge on any atom is 0.310 e. The highest BCUT2D eigenvalue weighted by atomic mass is 16.5. The molecule has 4 rings (SSSR count). The second kappa shape index (κ2) is 9.21. The number of amides is 2. The highest BCUT2D eigenvalue weighted by Gasteiger charge is 2.36. The number of anilines is 3. The van der Waals surface area contributed by atoms with Crippen LogP contribution in [0.15, 0.2) is 35.1 Å². The lowest BCUT2D eigenvalue weighted by Gasteiger charge is -2.32. The van der Waals surface area contributed by atoms with E-state index in [9.17, 15) is 19.2 Å². The van der Waals surface area contributed by atoms with Crippen molar-refractivity contribution in [2.75, 3.05) is 35.2 Å². The van der Waals surface area contributed by atoms with Crippen LogP contribution in [0.25, 0.3) is 0 Å².